The third kappa shape index (κ3) is 18.3. The van der Waals surface area contributed by atoms with Crippen LogP contribution in [0.5, 0.6) is 0 Å². The second-order valence-corrected chi connectivity index (χ2v) is 8.29. The number of esters is 1. The highest BCUT2D eigenvalue weighted by atomic mass is 16.6. The molecule has 0 saturated carbocycles. The molecule has 0 aromatic heterocycles. The molecule has 0 rings (SSSR count). The van der Waals surface area contributed by atoms with Crippen molar-refractivity contribution in [3.63, 3.8) is 0 Å². The predicted octanol–water partition coefficient (Wildman–Crippen LogP) is 5.49. The molecule has 0 fully saturated rings. The summed E-state index contributed by atoms with van der Waals surface area (Å²) in [6, 6.07) is 0. The van der Waals surface area contributed by atoms with Crippen LogP contribution in [-0.2, 0) is 14.3 Å². The maximum absolute atomic E-state index is 11.9. The van der Waals surface area contributed by atoms with Crippen LogP contribution < -0.4 is 5.32 Å². The van der Waals surface area contributed by atoms with Crippen molar-refractivity contribution in [2.45, 2.75) is 123 Å². The molecule has 0 aliphatic rings. The fourth-order valence-electron chi connectivity index (χ4n) is 3.27. The van der Waals surface area contributed by atoms with Crippen LogP contribution in [-0.4, -0.2) is 29.8 Å². The largest absolute Gasteiger partial charge is 0.440 e. The minimum absolute atomic E-state index is 0.0917. The van der Waals surface area contributed by atoms with Gasteiger partial charge in [-0.15, -0.1) is 0 Å². The first-order valence-electron chi connectivity index (χ1n) is 11.6. The van der Waals surface area contributed by atoms with Crippen LogP contribution in [0.25, 0.3) is 0 Å². The summed E-state index contributed by atoms with van der Waals surface area (Å²) in [5.74, 6) is 0.0449. The lowest BCUT2D eigenvalue weighted by molar-refractivity contribution is -0.155. The zero-order valence-electron chi connectivity index (χ0n) is 18.6. The third-order valence-corrected chi connectivity index (χ3v) is 5.03. The summed E-state index contributed by atoms with van der Waals surface area (Å²) >= 11 is 0. The number of aliphatic hydroxyl groups is 1. The van der Waals surface area contributed by atoms with E-state index in [1.54, 1.807) is 0 Å². The van der Waals surface area contributed by atoms with Crippen LogP contribution in [0.2, 0.25) is 0 Å². The molecule has 0 unspecified atom stereocenters. The van der Waals surface area contributed by atoms with E-state index < -0.39 is 18.8 Å². The Balaban J connectivity index is 3.38. The lowest BCUT2D eigenvalue weighted by atomic mass is 10.0. The van der Waals surface area contributed by atoms with Gasteiger partial charge in [0.2, 0.25) is 5.91 Å². The topological polar surface area (TPSA) is 75.6 Å². The standard InChI is InChI=1S/C23H45NO4/c1-4-22(28-23(27)19-25)24-21(26)18-16-14-12-10-8-6-5-7-9-11-13-15-17-20(2)3/h20,22,25H,4-19H2,1-3H3,(H,24,26)/t22-/m1/s1. The number of carbonyl (C=O) groups excluding carboxylic acids is 2. The molecule has 0 radical (unpaired) electrons. The molecule has 2 N–H and O–H groups in total. The lowest BCUT2D eigenvalue weighted by Gasteiger charge is -2.17. The Bertz CT molecular complexity index is 385. The summed E-state index contributed by atoms with van der Waals surface area (Å²) in [6.07, 6.45) is 17.0. The van der Waals surface area contributed by atoms with Crippen molar-refractivity contribution in [3.05, 3.63) is 0 Å². The Kier molecular flexibility index (Phi) is 18.5. The van der Waals surface area contributed by atoms with Gasteiger partial charge in [-0.25, -0.2) is 4.79 Å². The molecule has 0 spiro atoms. The molecule has 166 valence electrons. The van der Waals surface area contributed by atoms with Crippen LogP contribution in [0.4, 0.5) is 0 Å². The van der Waals surface area contributed by atoms with E-state index in [2.05, 4.69) is 19.2 Å². The van der Waals surface area contributed by atoms with Gasteiger partial charge in [-0.05, 0) is 12.3 Å². The average molecular weight is 400 g/mol. The van der Waals surface area contributed by atoms with E-state index in [0.717, 1.165) is 18.8 Å². The summed E-state index contributed by atoms with van der Waals surface area (Å²) in [5.41, 5.74) is 0. The van der Waals surface area contributed by atoms with Gasteiger partial charge < -0.3 is 15.2 Å². The van der Waals surface area contributed by atoms with E-state index in [0.29, 0.717) is 12.8 Å². The van der Waals surface area contributed by atoms with E-state index in [-0.39, 0.29) is 5.91 Å². The molecular formula is C23H45NO4. The van der Waals surface area contributed by atoms with Gasteiger partial charge >= 0.3 is 5.97 Å². The van der Waals surface area contributed by atoms with Crippen molar-refractivity contribution in [1.29, 1.82) is 0 Å². The smallest absolute Gasteiger partial charge is 0.333 e. The highest BCUT2D eigenvalue weighted by Crippen LogP contribution is 2.14. The fraction of sp³-hybridized carbons (Fsp3) is 0.913. The van der Waals surface area contributed by atoms with E-state index in [9.17, 15) is 9.59 Å². The van der Waals surface area contributed by atoms with Crippen LogP contribution in [0, 0.1) is 5.92 Å². The summed E-state index contributed by atoms with van der Waals surface area (Å²) in [7, 11) is 0. The van der Waals surface area contributed by atoms with Gasteiger partial charge in [0, 0.05) is 12.8 Å². The SMILES string of the molecule is CC[C@H](NC(=O)CCCCCCCCCCCCCCC(C)C)OC(=O)CO. The Labute approximate surface area is 173 Å². The number of ether oxygens (including phenoxy) is 1. The van der Waals surface area contributed by atoms with Crippen LogP contribution in [0.3, 0.4) is 0 Å². The predicted molar refractivity (Wildman–Crippen MR) is 115 cm³/mol. The van der Waals surface area contributed by atoms with Gasteiger partial charge in [-0.1, -0.05) is 97.8 Å². The Hall–Kier alpha value is -1.10. The molecule has 28 heavy (non-hydrogen) atoms. The van der Waals surface area contributed by atoms with Crippen LogP contribution in [0.1, 0.15) is 117 Å². The second kappa shape index (κ2) is 19.2. The number of carbonyl (C=O) groups is 2. The third-order valence-electron chi connectivity index (χ3n) is 5.03. The van der Waals surface area contributed by atoms with Crippen molar-refractivity contribution in [1.82, 2.24) is 5.32 Å². The molecule has 1 atom stereocenters. The minimum atomic E-state index is -0.710. The van der Waals surface area contributed by atoms with Crippen LogP contribution >= 0.6 is 0 Å². The van der Waals surface area contributed by atoms with Gasteiger partial charge in [0.15, 0.2) is 6.23 Å². The summed E-state index contributed by atoms with van der Waals surface area (Å²) < 4.78 is 4.93. The lowest BCUT2D eigenvalue weighted by Crippen LogP contribution is -2.38. The van der Waals surface area contributed by atoms with E-state index in [4.69, 9.17) is 9.84 Å². The molecule has 0 saturated heterocycles. The summed E-state index contributed by atoms with van der Waals surface area (Å²) in [6.45, 7) is 5.76. The van der Waals surface area contributed by atoms with E-state index in [1.807, 2.05) is 6.92 Å². The Morgan fingerprint density at radius 2 is 1.29 bits per heavy atom. The maximum Gasteiger partial charge on any atom is 0.333 e. The van der Waals surface area contributed by atoms with Gasteiger partial charge in [0.1, 0.15) is 6.61 Å². The van der Waals surface area contributed by atoms with Gasteiger partial charge in [0.05, 0.1) is 0 Å². The number of unbranched alkanes of at least 4 members (excludes halogenated alkanes) is 11. The average Bonchev–Trinajstić information content (AvgIpc) is 2.67. The Morgan fingerprint density at radius 3 is 1.71 bits per heavy atom. The van der Waals surface area contributed by atoms with Crippen molar-refractivity contribution < 1.29 is 19.4 Å². The number of amides is 1. The zero-order chi connectivity index (χ0) is 21.0. The van der Waals surface area contributed by atoms with Gasteiger partial charge in [-0.2, -0.15) is 0 Å². The molecule has 0 aromatic carbocycles. The minimum Gasteiger partial charge on any atom is -0.440 e. The first-order chi connectivity index (χ1) is 13.5. The summed E-state index contributed by atoms with van der Waals surface area (Å²) in [5, 5.41) is 11.4. The zero-order valence-corrected chi connectivity index (χ0v) is 18.6. The van der Waals surface area contributed by atoms with Crippen molar-refractivity contribution >= 4 is 11.9 Å². The molecule has 5 heteroatoms. The van der Waals surface area contributed by atoms with Crippen molar-refractivity contribution in [2.24, 2.45) is 5.92 Å². The number of rotatable bonds is 19. The monoisotopic (exact) mass is 399 g/mol. The molecule has 1 amide bonds. The van der Waals surface area contributed by atoms with Crippen molar-refractivity contribution in [3.8, 4) is 0 Å². The number of aliphatic hydroxyl groups excluding tert-OH is 1. The molecule has 0 aliphatic carbocycles. The number of hydrogen-bond acceptors (Lipinski definition) is 4. The quantitative estimate of drug-likeness (QED) is 0.171. The number of nitrogens with one attached hydrogen (secondary N) is 1. The first-order valence-corrected chi connectivity index (χ1v) is 11.6. The van der Waals surface area contributed by atoms with Crippen LogP contribution in [0.15, 0.2) is 0 Å². The van der Waals surface area contributed by atoms with Crippen molar-refractivity contribution in [2.75, 3.05) is 6.61 Å². The molecular weight excluding hydrogens is 354 g/mol. The van der Waals surface area contributed by atoms with Gasteiger partial charge in [0.25, 0.3) is 0 Å². The first kappa shape index (κ1) is 26.9. The second-order valence-electron chi connectivity index (χ2n) is 8.29. The molecule has 0 aliphatic heterocycles. The van der Waals surface area contributed by atoms with E-state index in [1.165, 1.54) is 70.6 Å². The molecule has 0 heterocycles. The van der Waals surface area contributed by atoms with E-state index >= 15 is 0 Å². The molecule has 0 bridgehead atoms. The maximum atomic E-state index is 11.9. The summed E-state index contributed by atoms with van der Waals surface area (Å²) in [4.78, 5) is 22.9. The van der Waals surface area contributed by atoms with Gasteiger partial charge in [-0.3, -0.25) is 4.79 Å². The number of hydrogen-bond donors (Lipinski definition) is 2. The fourth-order valence-corrected chi connectivity index (χ4v) is 3.27. The highest BCUT2D eigenvalue weighted by molar-refractivity contribution is 5.76. The highest BCUT2D eigenvalue weighted by Gasteiger charge is 2.14. The molecule has 5 nitrogen and oxygen atoms in total. The normalized spacial score (nSPS) is 12.2. The Morgan fingerprint density at radius 1 is 0.821 bits per heavy atom. The molecule has 0 aromatic rings.